The second-order valence-corrected chi connectivity index (χ2v) is 7.21. The Bertz CT molecular complexity index is 959. The summed E-state index contributed by atoms with van der Waals surface area (Å²) in [5.41, 5.74) is 7.87. The average molecular weight is 407 g/mol. The summed E-state index contributed by atoms with van der Waals surface area (Å²) in [6, 6.07) is 23.9. The molecular formula is C23H22N2O3S. The van der Waals surface area contributed by atoms with Gasteiger partial charge in [0.05, 0.1) is 0 Å². The van der Waals surface area contributed by atoms with Crippen LogP contribution in [0.5, 0.6) is 5.75 Å². The zero-order valence-corrected chi connectivity index (χ0v) is 16.9. The molecule has 0 aromatic heterocycles. The van der Waals surface area contributed by atoms with Crippen molar-refractivity contribution in [2.75, 3.05) is 6.26 Å². The summed E-state index contributed by atoms with van der Waals surface area (Å²) in [7, 11) is 0. The zero-order valence-electron chi connectivity index (χ0n) is 16.1. The Balaban J connectivity index is 1.51. The number of nitrogens with one attached hydrogen (secondary N) is 2. The van der Waals surface area contributed by atoms with E-state index >= 15 is 0 Å². The number of amides is 2. The third kappa shape index (κ3) is 6.12. The van der Waals surface area contributed by atoms with Crippen molar-refractivity contribution in [3.63, 3.8) is 0 Å². The number of ether oxygens (including phenoxy) is 1. The van der Waals surface area contributed by atoms with Crippen LogP contribution in [-0.4, -0.2) is 18.1 Å². The van der Waals surface area contributed by atoms with Crippen molar-refractivity contribution in [1.29, 1.82) is 0 Å². The highest BCUT2D eigenvalue weighted by Crippen LogP contribution is 2.13. The Labute approximate surface area is 174 Å². The number of carbonyl (C=O) groups excluding carboxylic acids is 2. The second-order valence-electron chi connectivity index (χ2n) is 6.34. The highest BCUT2D eigenvalue weighted by molar-refractivity contribution is 7.97. The van der Waals surface area contributed by atoms with Crippen LogP contribution < -0.4 is 15.6 Å². The van der Waals surface area contributed by atoms with Gasteiger partial charge in [0, 0.05) is 16.9 Å². The van der Waals surface area contributed by atoms with E-state index in [1.54, 1.807) is 30.0 Å². The molecule has 0 saturated heterocycles. The molecule has 0 spiro atoms. The van der Waals surface area contributed by atoms with Crippen LogP contribution in [-0.2, 0) is 12.4 Å². The van der Waals surface area contributed by atoms with Crippen LogP contribution in [0.4, 0.5) is 0 Å². The monoisotopic (exact) mass is 406 g/mol. The molecule has 3 aromatic carbocycles. The van der Waals surface area contributed by atoms with Crippen LogP contribution in [0.2, 0.25) is 0 Å². The van der Waals surface area contributed by atoms with Gasteiger partial charge in [0.25, 0.3) is 11.8 Å². The fourth-order valence-electron chi connectivity index (χ4n) is 2.66. The van der Waals surface area contributed by atoms with Gasteiger partial charge in [-0.1, -0.05) is 42.5 Å². The molecule has 0 aliphatic carbocycles. The van der Waals surface area contributed by atoms with Crippen LogP contribution in [0.3, 0.4) is 0 Å². The lowest BCUT2D eigenvalue weighted by atomic mass is 10.1. The van der Waals surface area contributed by atoms with E-state index in [4.69, 9.17) is 4.74 Å². The summed E-state index contributed by atoms with van der Waals surface area (Å²) in [6.07, 6.45) is 2.01. The largest absolute Gasteiger partial charge is 0.489 e. The number of hydrogen-bond acceptors (Lipinski definition) is 4. The van der Waals surface area contributed by atoms with E-state index in [1.165, 1.54) is 0 Å². The van der Waals surface area contributed by atoms with E-state index < -0.39 is 0 Å². The molecule has 3 rings (SSSR count). The van der Waals surface area contributed by atoms with Gasteiger partial charge >= 0.3 is 0 Å². The molecule has 0 aliphatic rings. The van der Waals surface area contributed by atoms with Crippen molar-refractivity contribution >= 4 is 23.6 Å². The molecule has 29 heavy (non-hydrogen) atoms. The van der Waals surface area contributed by atoms with Crippen LogP contribution >= 0.6 is 11.8 Å². The van der Waals surface area contributed by atoms with Crippen LogP contribution in [0.15, 0.2) is 78.9 Å². The standard InChI is InChI=1S/C23H22N2O3S/c1-29-16-18-6-5-7-20(14-18)23(27)25-24-22(26)19-12-10-17(11-13-19)15-28-21-8-3-2-4-9-21/h2-14H,15-16H2,1H3,(H,24,26)(H,25,27). The predicted octanol–water partition coefficient (Wildman–Crippen LogP) is 4.20. The van der Waals surface area contributed by atoms with Gasteiger partial charge in [-0.05, 0) is 53.8 Å². The second kappa shape index (κ2) is 10.3. The Hall–Kier alpha value is -3.25. The summed E-state index contributed by atoms with van der Waals surface area (Å²) in [6.45, 7) is 0.412. The number of para-hydroxylation sites is 1. The van der Waals surface area contributed by atoms with E-state index in [0.29, 0.717) is 17.7 Å². The summed E-state index contributed by atoms with van der Waals surface area (Å²) in [4.78, 5) is 24.5. The molecule has 0 unspecified atom stereocenters. The maximum atomic E-state index is 12.3. The first-order valence-corrected chi connectivity index (χ1v) is 10.5. The number of hydrazine groups is 1. The Kier molecular flexibility index (Phi) is 7.30. The molecule has 2 N–H and O–H groups in total. The van der Waals surface area contributed by atoms with Crippen molar-refractivity contribution in [2.45, 2.75) is 12.4 Å². The molecule has 2 amide bonds. The van der Waals surface area contributed by atoms with Gasteiger partial charge < -0.3 is 4.74 Å². The molecule has 0 atom stereocenters. The van der Waals surface area contributed by atoms with Gasteiger partial charge in [0.15, 0.2) is 0 Å². The first kappa shape index (κ1) is 20.5. The highest BCUT2D eigenvalue weighted by Gasteiger charge is 2.10. The average Bonchev–Trinajstić information content (AvgIpc) is 2.77. The maximum absolute atomic E-state index is 12.3. The van der Waals surface area contributed by atoms with Crippen molar-refractivity contribution < 1.29 is 14.3 Å². The quantitative estimate of drug-likeness (QED) is 0.577. The van der Waals surface area contributed by atoms with Crippen molar-refractivity contribution in [3.8, 4) is 5.75 Å². The van der Waals surface area contributed by atoms with Crippen LogP contribution in [0, 0.1) is 0 Å². The topological polar surface area (TPSA) is 67.4 Å². The maximum Gasteiger partial charge on any atom is 0.269 e. The smallest absolute Gasteiger partial charge is 0.269 e. The summed E-state index contributed by atoms with van der Waals surface area (Å²) < 4.78 is 5.69. The van der Waals surface area contributed by atoms with Gasteiger partial charge in [-0.2, -0.15) is 11.8 Å². The lowest BCUT2D eigenvalue weighted by molar-refractivity contribution is 0.0846. The lowest BCUT2D eigenvalue weighted by Crippen LogP contribution is -2.41. The summed E-state index contributed by atoms with van der Waals surface area (Å²) in [5.74, 6) is 0.885. The number of carbonyl (C=O) groups is 2. The molecule has 0 heterocycles. The van der Waals surface area contributed by atoms with E-state index in [2.05, 4.69) is 10.9 Å². The van der Waals surface area contributed by atoms with Crippen molar-refractivity contribution in [1.82, 2.24) is 10.9 Å². The molecule has 5 nitrogen and oxygen atoms in total. The fraction of sp³-hybridized carbons (Fsp3) is 0.130. The molecular weight excluding hydrogens is 384 g/mol. The number of thioether (sulfide) groups is 1. The third-order valence-corrected chi connectivity index (χ3v) is 4.78. The molecule has 3 aromatic rings. The zero-order chi connectivity index (χ0) is 20.5. The van der Waals surface area contributed by atoms with Gasteiger partial charge in [0.1, 0.15) is 12.4 Å². The van der Waals surface area contributed by atoms with Gasteiger partial charge in [-0.25, -0.2) is 0 Å². The predicted molar refractivity (Wildman–Crippen MR) is 116 cm³/mol. The Morgan fingerprint density at radius 2 is 1.48 bits per heavy atom. The van der Waals surface area contributed by atoms with E-state index in [9.17, 15) is 9.59 Å². The highest BCUT2D eigenvalue weighted by atomic mass is 32.2. The van der Waals surface area contributed by atoms with Crippen molar-refractivity contribution in [2.24, 2.45) is 0 Å². The first-order chi connectivity index (χ1) is 14.2. The van der Waals surface area contributed by atoms with Crippen molar-refractivity contribution in [3.05, 3.63) is 101 Å². The number of hydrogen-bond donors (Lipinski definition) is 2. The van der Waals surface area contributed by atoms with Gasteiger partial charge in [-0.15, -0.1) is 0 Å². The Morgan fingerprint density at radius 3 is 2.17 bits per heavy atom. The normalized spacial score (nSPS) is 10.2. The minimum absolute atomic E-state index is 0.353. The molecule has 148 valence electrons. The van der Waals surface area contributed by atoms with Crippen LogP contribution in [0.1, 0.15) is 31.8 Å². The molecule has 0 fully saturated rings. The van der Waals surface area contributed by atoms with Crippen LogP contribution in [0.25, 0.3) is 0 Å². The lowest BCUT2D eigenvalue weighted by Gasteiger charge is -2.09. The third-order valence-electron chi connectivity index (χ3n) is 4.15. The molecule has 0 saturated carbocycles. The minimum atomic E-state index is -0.380. The van der Waals surface area contributed by atoms with E-state index in [0.717, 1.165) is 22.6 Å². The molecule has 0 aliphatic heterocycles. The SMILES string of the molecule is CSCc1cccc(C(=O)NNC(=O)c2ccc(COc3ccccc3)cc2)c1. The summed E-state index contributed by atoms with van der Waals surface area (Å²) >= 11 is 1.68. The number of rotatable bonds is 7. The number of benzene rings is 3. The molecule has 0 radical (unpaired) electrons. The van der Waals surface area contributed by atoms with E-state index in [-0.39, 0.29) is 11.8 Å². The Morgan fingerprint density at radius 1 is 0.793 bits per heavy atom. The van der Waals surface area contributed by atoms with Gasteiger partial charge in [0.2, 0.25) is 0 Å². The molecule has 6 heteroatoms. The molecule has 0 bridgehead atoms. The van der Waals surface area contributed by atoms with E-state index in [1.807, 2.05) is 66.9 Å². The fourth-order valence-corrected chi connectivity index (χ4v) is 3.18. The van der Waals surface area contributed by atoms with Gasteiger partial charge in [-0.3, -0.25) is 20.4 Å². The minimum Gasteiger partial charge on any atom is -0.489 e. The first-order valence-electron chi connectivity index (χ1n) is 9.11. The summed E-state index contributed by atoms with van der Waals surface area (Å²) in [5, 5.41) is 0.